The third-order valence-electron chi connectivity index (χ3n) is 2.60. The fourth-order valence-electron chi connectivity index (χ4n) is 1.65. The Morgan fingerprint density at radius 3 is 2.25 bits per heavy atom. The van der Waals surface area contributed by atoms with Gasteiger partial charge in [0, 0.05) is 24.9 Å². The van der Waals surface area contributed by atoms with Crippen LogP contribution < -0.4 is 9.99 Å². The molecule has 1 unspecified atom stereocenters. The number of hydrogen-bond acceptors (Lipinski definition) is 4. The van der Waals surface area contributed by atoms with Gasteiger partial charge in [-0.25, -0.2) is 4.57 Å². The Morgan fingerprint density at radius 1 is 1.40 bits per heavy atom. The van der Waals surface area contributed by atoms with Gasteiger partial charge in [-0.2, -0.15) is 0 Å². The lowest BCUT2D eigenvalue weighted by atomic mass is 10.2. The number of amides is 1. The van der Waals surface area contributed by atoms with E-state index in [1.54, 1.807) is 0 Å². The van der Waals surface area contributed by atoms with E-state index in [1.165, 1.54) is 26.1 Å². The molecule has 1 rings (SSSR count). The summed E-state index contributed by atoms with van der Waals surface area (Å²) in [5.74, 6) is -0.591. The third kappa shape index (κ3) is 3.53. The Hall–Kier alpha value is -1.96. The van der Waals surface area contributed by atoms with Crippen LogP contribution in [-0.2, 0) is 9.36 Å². The number of nitrogens with one attached hydrogen (secondary N) is 1. The second kappa shape index (κ2) is 6.00. The second-order valence-electron chi connectivity index (χ2n) is 3.92. The van der Waals surface area contributed by atoms with Gasteiger partial charge >= 0.3 is 7.75 Å². The first-order chi connectivity index (χ1) is 9.18. The number of carbonyl (C=O) groups excluding carboxylic acids is 1. The maximum atomic E-state index is 11.5. The molecule has 0 radical (unpaired) electrons. The molecular formula is C10H14N3O6P. The maximum absolute atomic E-state index is 11.5. The van der Waals surface area contributed by atoms with Crippen LogP contribution in [0.1, 0.15) is 6.92 Å². The molecule has 0 aliphatic heterocycles. The molecule has 1 atom stereocenters. The van der Waals surface area contributed by atoms with Crippen LogP contribution in [0.4, 0.5) is 11.4 Å². The summed E-state index contributed by atoms with van der Waals surface area (Å²) in [5, 5.41) is 12.8. The molecule has 0 saturated heterocycles. The predicted molar refractivity (Wildman–Crippen MR) is 71.1 cm³/mol. The van der Waals surface area contributed by atoms with Crippen molar-refractivity contribution in [1.29, 1.82) is 0 Å². The first kappa shape index (κ1) is 16.1. The van der Waals surface area contributed by atoms with Crippen molar-refractivity contribution >= 4 is 25.0 Å². The molecule has 1 amide bonds. The molecule has 110 valence electrons. The van der Waals surface area contributed by atoms with E-state index in [4.69, 9.17) is 0 Å². The van der Waals surface area contributed by atoms with Gasteiger partial charge in [-0.05, 0) is 19.1 Å². The standard InChI is InChI=1S/C10H14N3O6P/c1-7(10(14)11-2)12(20(17,18)19)8-3-5-9(6-4-8)13(15)16/h3-7H,1-2H3,(H,11,14)(H2,17,18,19). The number of nitro benzene ring substituents is 1. The van der Waals surface area contributed by atoms with Crippen molar-refractivity contribution < 1.29 is 24.1 Å². The zero-order valence-corrected chi connectivity index (χ0v) is 11.7. The Morgan fingerprint density at radius 2 is 1.90 bits per heavy atom. The number of non-ortho nitro benzene ring substituents is 1. The van der Waals surface area contributed by atoms with Crippen molar-refractivity contribution in [3.05, 3.63) is 34.4 Å². The largest absolute Gasteiger partial charge is 0.430 e. The average Bonchev–Trinajstić information content (AvgIpc) is 2.36. The third-order valence-corrected chi connectivity index (χ3v) is 3.74. The van der Waals surface area contributed by atoms with Crippen LogP contribution in [0.5, 0.6) is 0 Å². The summed E-state index contributed by atoms with van der Waals surface area (Å²) in [7, 11) is -3.42. The lowest BCUT2D eigenvalue weighted by Crippen LogP contribution is -2.42. The van der Waals surface area contributed by atoms with Gasteiger partial charge in [-0.1, -0.05) is 0 Å². The molecule has 1 aromatic carbocycles. The molecule has 0 heterocycles. The van der Waals surface area contributed by atoms with Crippen LogP contribution in [0.15, 0.2) is 24.3 Å². The minimum atomic E-state index is -4.76. The average molecular weight is 303 g/mol. The molecule has 0 bridgehead atoms. The van der Waals surface area contributed by atoms with E-state index in [0.717, 1.165) is 12.1 Å². The fraction of sp³-hybridized carbons (Fsp3) is 0.300. The Labute approximate surface area is 114 Å². The Bertz CT molecular complexity index is 555. The van der Waals surface area contributed by atoms with E-state index in [1.807, 2.05) is 0 Å². The number of anilines is 1. The van der Waals surface area contributed by atoms with Crippen molar-refractivity contribution in [1.82, 2.24) is 5.32 Å². The van der Waals surface area contributed by atoms with E-state index >= 15 is 0 Å². The molecule has 0 aromatic heterocycles. The molecule has 0 aliphatic carbocycles. The Balaban J connectivity index is 3.22. The molecule has 0 aliphatic rings. The monoisotopic (exact) mass is 303 g/mol. The molecule has 9 nitrogen and oxygen atoms in total. The van der Waals surface area contributed by atoms with E-state index in [-0.39, 0.29) is 11.4 Å². The number of likely N-dealkylation sites (N-methyl/N-ethyl adjacent to an activating group) is 1. The maximum Gasteiger partial charge on any atom is 0.430 e. The van der Waals surface area contributed by atoms with Crippen LogP contribution >= 0.6 is 7.75 Å². The molecule has 3 N–H and O–H groups in total. The van der Waals surface area contributed by atoms with Crippen molar-refractivity contribution in [2.75, 3.05) is 11.7 Å². The van der Waals surface area contributed by atoms with Crippen LogP contribution in [0.2, 0.25) is 0 Å². The molecule has 1 aromatic rings. The summed E-state index contributed by atoms with van der Waals surface area (Å²) >= 11 is 0. The summed E-state index contributed by atoms with van der Waals surface area (Å²) in [6.45, 7) is 1.32. The zero-order chi connectivity index (χ0) is 15.5. The molecule has 20 heavy (non-hydrogen) atoms. The van der Waals surface area contributed by atoms with Crippen LogP contribution in [0.3, 0.4) is 0 Å². The number of rotatable bonds is 5. The van der Waals surface area contributed by atoms with Gasteiger partial charge < -0.3 is 15.1 Å². The number of benzene rings is 1. The number of carbonyl (C=O) groups is 1. The first-order valence-corrected chi connectivity index (χ1v) is 7.06. The highest BCUT2D eigenvalue weighted by molar-refractivity contribution is 7.53. The molecule has 0 saturated carbocycles. The van der Waals surface area contributed by atoms with E-state index in [0.29, 0.717) is 4.67 Å². The lowest BCUT2D eigenvalue weighted by Gasteiger charge is -2.30. The lowest BCUT2D eigenvalue weighted by molar-refractivity contribution is -0.384. The van der Waals surface area contributed by atoms with Gasteiger partial charge in [-0.15, -0.1) is 0 Å². The summed E-state index contributed by atoms with van der Waals surface area (Å²) in [5.41, 5.74) is -0.202. The van der Waals surface area contributed by atoms with Crippen molar-refractivity contribution in [2.24, 2.45) is 0 Å². The minimum absolute atomic E-state index is 0.0139. The number of hydrogen-bond donors (Lipinski definition) is 3. The minimum Gasteiger partial charge on any atom is -0.357 e. The normalized spacial score (nSPS) is 12.6. The van der Waals surface area contributed by atoms with Gasteiger partial charge in [0.1, 0.15) is 6.04 Å². The summed E-state index contributed by atoms with van der Waals surface area (Å²) in [6, 6.07) is 3.43. The molecule has 0 fully saturated rings. The smallest absolute Gasteiger partial charge is 0.357 e. The molecule has 0 spiro atoms. The predicted octanol–water partition coefficient (Wildman–Crippen LogP) is 0.628. The van der Waals surface area contributed by atoms with E-state index in [9.17, 15) is 29.3 Å². The van der Waals surface area contributed by atoms with Crippen molar-refractivity contribution in [3.8, 4) is 0 Å². The molecular weight excluding hydrogens is 289 g/mol. The SMILES string of the molecule is CNC(=O)C(C)N(c1ccc([N+](=O)[O-])cc1)P(=O)(O)O. The quantitative estimate of drug-likeness (QED) is 0.412. The van der Waals surface area contributed by atoms with Gasteiger partial charge in [0.15, 0.2) is 0 Å². The fourth-order valence-corrected chi connectivity index (χ4v) is 2.64. The van der Waals surface area contributed by atoms with E-state index < -0.39 is 24.6 Å². The topological polar surface area (TPSA) is 133 Å². The van der Waals surface area contributed by atoms with Gasteiger partial charge in [0.2, 0.25) is 5.91 Å². The van der Waals surface area contributed by atoms with Crippen LogP contribution in [0.25, 0.3) is 0 Å². The van der Waals surface area contributed by atoms with E-state index in [2.05, 4.69) is 5.32 Å². The second-order valence-corrected chi connectivity index (χ2v) is 5.38. The number of nitro groups is 1. The highest BCUT2D eigenvalue weighted by Gasteiger charge is 2.34. The zero-order valence-electron chi connectivity index (χ0n) is 10.8. The highest BCUT2D eigenvalue weighted by Crippen LogP contribution is 2.45. The highest BCUT2D eigenvalue weighted by atomic mass is 31.2. The van der Waals surface area contributed by atoms with Crippen LogP contribution in [0, 0.1) is 10.1 Å². The van der Waals surface area contributed by atoms with Gasteiger partial charge in [0.05, 0.1) is 4.92 Å². The Kier molecular flexibility index (Phi) is 4.83. The van der Waals surface area contributed by atoms with Crippen molar-refractivity contribution in [3.63, 3.8) is 0 Å². The summed E-state index contributed by atoms with van der Waals surface area (Å²) in [6.07, 6.45) is 0. The summed E-state index contributed by atoms with van der Waals surface area (Å²) < 4.78 is 12.1. The number of nitrogens with zero attached hydrogens (tertiary/aromatic N) is 2. The van der Waals surface area contributed by atoms with Crippen molar-refractivity contribution in [2.45, 2.75) is 13.0 Å². The van der Waals surface area contributed by atoms with Crippen LogP contribution in [-0.4, -0.2) is 33.7 Å². The summed E-state index contributed by atoms with van der Waals surface area (Å²) in [4.78, 5) is 40.1. The molecule has 10 heteroatoms. The van der Waals surface area contributed by atoms with Gasteiger partial charge in [0.25, 0.3) is 5.69 Å². The van der Waals surface area contributed by atoms with Gasteiger partial charge in [-0.3, -0.25) is 19.6 Å². The first-order valence-electron chi connectivity index (χ1n) is 5.49.